The molecule has 0 aromatic carbocycles. The molecule has 0 radical (unpaired) electrons. The van der Waals surface area contributed by atoms with E-state index >= 15 is 0 Å². The first kappa shape index (κ1) is 33.2. The molecule has 0 aliphatic heterocycles. The molecular weight excluding hydrogens is 436 g/mol. The highest BCUT2D eigenvalue weighted by Gasteiger charge is 2.11. The maximum atomic E-state index is 2.49. The van der Waals surface area contributed by atoms with Crippen molar-refractivity contribution < 1.29 is 4.57 Å². The van der Waals surface area contributed by atoms with Crippen molar-refractivity contribution in [3.05, 3.63) is 18.2 Å². The largest absolute Gasteiger partial charge is 0.253 e. The molecule has 0 aliphatic carbocycles. The second kappa shape index (κ2) is 25.8. The van der Waals surface area contributed by atoms with Gasteiger partial charge in [0.2, 0.25) is 0 Å². The first-order valence-corrected chi connectivity index (χ1v) is 16.8. The number of aromatic nitrogens is 2. The van der Waals surface area contributed by atoms with E-state index in [4.69, 9.17) is 0 Å². The van der Waals surface area contributed by atoms with Gasteiger partial charge in [-0.2, -0.15) is 0 Å². The summed E-state index contributed by atoms with van der Waals surface area (Å²) in [5, 5.41) is 0. The topological polar surface area (TPSA) is 8.81 Å². The third-order valence-electron chi connectivity index (χ3n) is 8.26. The molecule has 0 unspecified atom stereocenters. The van der Waals surface area contributed by atoms with Gasteiger partial charge < -0.3 is 0 Å². The van der Waals surface area contributed by atoms with Crippen molar-refractivity contribution in [3.8, 4) is 0 Å². The molecule has 36 heavy (non-hydrogen) atoms. The molecule has 1 heterocycles. The van der Waals surface area contributed by atoms with Crippen LogP contribution in [0.4, 0.5) is 0 Å². The van der Waals surface area contributed by atoms with Crippen molar-refractivity contribution in [2.45, 2.75) is 201 Å². The highest BCUT2D eigenvalue weighted by atomic mass is 15.1. The van der Waals surface area contributed by atoms with Crippen LogP contribution in [0.5, 0.6) is 0 Å². The van der Waals surface area contributed by atoms with E-state index < -0.39 is 0 Å². The van der Waals surface area contributed by atoms with Gasteiger partial charge in [-0.15, -0.1) is 0 Å². The summed E-state index contributed by atoms with van der Waals surface area (Å²) in [6.07, 6.45) is 41.9. The number of unbranched alkanes of at least 4 members (excludes halogenated alkanes) is 24. The van der Waals surface area contributed by atoms with Crippen LogP contribution in [0.15, 0.2) is 12.4 Å². The van der Waals surface area contributed by atoms with Crippen molar-refractivity contribution in [3.63, 3.8) is 0 Å². The van der Waals surface area contributed by atoms with E-state index in [1.807, 2.05) is 0 Å². The Kier molecular flexibility index (Phi) is 23.9. The molecule has 0 saturated carbocycles. The van der Waals surface area contributed by atoms with E-state index in [1.54, 1.807) is 0 Å². The molecule has 1 rings (SSSR count). The number of imidazole rings is 1. The van der Waals surface area contributed by atoms with E-state index in [0.29, 0.717) is 0 Å². The Morgan fingerprint density at radius 3 is 1.19 bits per heavy atom. The Balaban J connectivity index is 1.87. The Morgan fingerprint density at radius 1 is 0.472 bits per heavy atom. The first-order chi connectivity index (χ1) is 17.8. The highest BCUT2D eigenvalue weighted by Crippen LogP contribution is 2.14. The highest BCUT2D eigenvalue weighted by molar-refractivity contribution is 4.79. The van der Waals surface area contributed by atoms with Crippen LogP contribution < -0.4 is 4.57 Å². The molecule has 0 N–H and O–H groups in total. The molecule has 0 atom stereocenters. The van der Waals surface area contributed by atoms with Crippen molar-refractivity contribution in [1.82, 2.24) is 4.57 Å². The van der Waals surface area contributed by atoms with Gasteiger partial charge in [0, 0.05) is 6.92 Å². The molecule has 0 fully saturated rings. The minimum atomic E-state index is 1.20. The molecule has 0 saturated heterocycles. The van der Waals surface area contributed by atoms with Crippen LogP contribution in [-0.4, -0.2) is 4.57 Å². The van der Waals surface area contributed by atoms with Gasteiger partial charge in [0.05, 0.1) is 13.1 Å². The molecular formula is C34H67N2+. The first-order valence-electron chi connectivity index (χ1n) is 16.8. The average Bonchev–Trinajstić information content (AvgIpc) is 3.23. The summed E-state index contributed by atoms with van der Waals surface area (Å²) in [5.74, 6) is 1.45. The lowest BCUT2D eigenvalue weighted by Gasteiger charge is -2.04. The van der Waals surface area contributed by atoms with Gasteiger partial charge in [-0.1, -0.05) is 155 Å². The predicted molar refractivity (Wildman–Crippen MR) is 161 cm³/mol. The number of aryl methyl sites for hydroxylation is 2. The molecule has 0 bridgehead atoms. The van der Waals surface area contributed by atoms with Crippen LogP contribution in [0, 0.1) is 6.92 Å². The van der Waals surface area contributed by atoms with Crippen molar-refractivity contribution in [1.29, 1.82) is 0 Å². The molecule has 212 valence electrons. The summed E-state index contributed by atoms with van der Waals surface area (Å²) in [4.78, 5) is 0. The van der Waals surface area contributed by atoms with Gasteiger partial charge in [-0.05, 0) is 25.7 Å². The van der Waals surface area contributed by atoms with Gasteiger partial charge in [0.15, 0.2) is 0 Å². The summed E-state index contributed by atoms with van der Waals surface area (Å²) >= 11 is 0. The lowest BCUT2D eigenvalue weighted by Crippen LogP contribution is -2.35. The van der Waals surface area contributed by atoms with Gasteiger partial charge in [-0.3, -0.25) is 0 Å². The second-order valence-electron chi connectivity index (χ2n) is 11.7. The molecule has 0 aliphatic rings. The van der Waals surface area contributed by atoms with E-state index in [1.165, 1.54) is 186 Å². The van der Waals surface area contributed by atoms with Gasteiger partial charge in [0.1, 0.15) is 12.4 Å². The third-order valence-corrected chi connectivity index (χ3v) is 8.26. The smallest absolute Gasteiger partial charge is 0.234 e. The molecule has 0 spiro atoms. The molecule has 1 aromatic heterocycles. The Bertz CT molecular complexity index is 562. The fourth-order valence-corrected chi connectivity index (χ4v) is 5.61. The van der Waals surface area contributed by atoms with Crippen molar-refractivity contribution >= 4 is 0 Å². The zero-order chi connectivity index (χ0) is 25.9. The van der Waals surface area contributed by atoms with Crippen LogP contribution in [-0.2, 0) is 13.1 Å². The zero-order valence-corrected chi connectivity index (χ0v) is 25.3. The molecule has 1 aromatic rings. The minimum absolute atomic E-state index is 1.20. The maximum Gasteiger partial charge on any atom is 0.253 e. The third kappa shape index (κ3) is 19.3. The monoisotopic (exact) mass is 504 g/mol. The van der Waals surface area contributed by atoms with E-state index in [9.17, 15) is 0 Å². The van der Waals surface area contributed by atoms with Crippen LogP contribution in [0.3, 0.4) is 0 Å². The molecule has 2 nitrogen and oxygen atoms in total. The SMILES string of the molecule is CCCCCCCCCCCCCCCCCCC[n+]1ccn(CCCCCCCCCCC)c1C. The van der Waals surface area contributed by atoms with Crippen LogP contribution in [0.25, 0.3) is 0 Å². The minimum Gasteiger partial charge on any atom is -0.234 e. The quantitative estimate of drug-likeness (QED) is 0.0794. The Morgan fingerprint density at radius 2 is 0.806 bits per heavy atom. The molecule has 2 heteroatoms. The van der Waals surface area contributed by atoms with Gasteiger partial charge >= 0.3 is 0 Å². The molecule has 0 amide bonds. The summed E-state index contributed by atoms with van der Waals surface area (Å²) in [6, 6.07) is 0. The van der Waals surface area contributed by atoms with E-state index in [0.717, 1.165) is 0 Å². The summed E-state index contributed by atoms with van der Waals surface area (Å²) in [6.45, 7) is 9.32. The van der Waals surface area contributed by atoms with E-state index in [-0.39, 0.29) is 0 Å². The van der Waals surface area contributed by atoms with Gasteiger partial charge in [-0.25, -0.2) is 9.13 Å². The Labute approximate surface area is 228 Å². The summed E-state index contributed by atoms with van der Waals surface area (Å²) in [7, 11) is 0. The van der Waals surface area contributed by atoms with Crippen LogP contribution in [0.1, 0.15) is 187 Å². The summed E-state index contributed by atoms with van der Waals surface area (Å²) < 4.78 is 4.97. The lowest BCUT2D eigenvalue weighted by atomic mass is 10.0. The van der Waals surface area contributed by atoms with Crippen LogP contribution in [0.2, 0.25) is 0 Å². The average molecular weight is 504 g/mol. The standard InChI is InChI=1S/C34H67N2/c1-4-6-8-10-12-14-15-16-17-18-19-20-21-23-25-27-29-31-36-33-32-35(34(36)3)30-28-26-24-22-13-11-9-7-5-2/h32-33H,4-31H2,1-3H3/q+1. The normalized spacial score (nSPS) is 11.5. The number of hydrogen-bond acceptors (Lipinski definition) is 0. The fraction of sp³-hybridized carbons (Fsp3) is 0.912. The second-order valence-corrected chi connectivity index (χ2v) is 11.7. The van der Waals surface area contributed by atoms with Gasteiger partial charge in [0.25, 0.3) is 5.82 Å². The number of nitrogens with zero attached hydrogens (tertiary/aromatic N) is 2. The van der Waals surface area contributed by atoms with Crippen molar-refractivity contribution in [2.24, 2.45) is 0 Å². The fourth-order valence-electron chi connectivity index (χ4n) is 5.61. The predicted octanol–water partition coefficient (Wildman–Crippen LogP) is 11.3. The number of rotatable bonds is 28. The lowest BCUT2D eigenvalue weighted by molar-refractivity contribution is -0.702. The Hall–Kier alpha value is -0.790. The number of hydrogen-bond donors (Lipinski definition) is 0. The summed E-state index contributed by atoms with van der Waals surface area (Å²) in [5.41, 5.74) is 0. The van der Waals surface area contributed by atoms with Crippen molar-refractivity contribution in [2.75, 3.05) is 0 Å². The zero-order valence-electron chi connectivity index (χ0n) is 25.3. The van der Waals surface area contributed by atoms with Crippen LogP contribution >= 0.6 is 0 Å². The van der Waals surface area contributed by atoms with E-state index in [2.05, 4.69) is 42.3 Å². The maximum absolute atomic E-state index is 2.49.